The predicted octanol–water partition coefficient (Wildman–Crippen LogP) is 1.21. The fourth-order valence-electron chi connectivity index (χ4n) is 4.52. The quantitative estimate of drug-likeness (QED) is 0.506. The predicted molar refractivity (Wildman–Crippen MR) is 115 cm³/mol. The highest BCUT2D eigenvalue weighted by molar-refractivity contribution is 6.02. The summed E-state index contributed by atoms with van der Waals surface area (Å²) in [5, 5.41) is 18.6. The Morgan fingerprint density at radius 1 is 1.22 bits per heavy atom. The van der Waals surface area contributed by atoms with Crippen LogP contribution in [0, 0.1) is 0 Å². The van der Waals surface area contributed by atoms with Crippen LogP contribution in [0.15, 0.2) is 38.2 Å². The van der Waals surface area contributed by atoms with Gasteiger partial charge in [0.2, 0.25) is 0 Å². The lowest BCUT2D eigenvalue weighted by molar-refractivity contribution is -0.118. The van der Waals surface area contributed by atoms with Crippen LogP contribution in [0.5, 0.6) is 0 Å². The second-order valence-corrected chi connectivity index (χ2v) is 8.01. The molecule has 10 heteroatoms. The molecule has 0 aliphatic carbocycles. The van der Waals surface area contributed by atoms with Crippen molar-refractivity contribution in [2.75, 3.05) is 29.9 Å². The van der Waals surface area contributed by atoms with E-state index in [4.69, 9.17) is 4.42 Å². The zero-order valence-electron chi connectivity index (χ0n) is 17.2. The van der Waals surface area contributed by atoms with Crippen LogP contribution in [-0.4, -0.2) is 47.8 Å². The van der Waals surface area contributed by atoms with Crippen molar-refractivity contribution in [1.29, 1.82) is 0 Å². The van der Waals surface area contributed by atoms with Crippen LogP contribution in [0.25, 0.3) is 11.0 Å². The van der Waals surface area contributed by atoms with E-state index < -0.39 is 30.1 Å². The first kappa shape index (κ1) is 20.3. The van der Waals surface area contributed by atoms with Gasteiger partial charge in [-0.1, -0.05) is 5.16 Å². The highest BCUT2D eigenvalue weighted by atomic mass is 16.5. The molecule has 2 aromatic heterocycles. The number of aliphatic hydroxyl groups is 1. The maximum Gasteiger partial charge on any atom is 0.349 e. The molecule has 0 bridgehead atoms. The third-order valence-electron chi connectivity index (χ3n) is 5.95. The molecule has 2 aliphatic heterocycles. The van der Waals surface area contributed by atoms with Crippen molar-refractivity contribution < 1.29 is 23.6 Å². The molecule has 32 heavy (non-hydrogen) atoms. The minimum Gasteiger partial charge on any atom is -0.422 e. The van der Waals surface area contributed by atoms with E-state index in [2.05, 4.69) is 25.2 Å². The van der Waals surface area contributed by atoms with Crippen LogP contribution < -0.4 is 21.2 Å². The van der Waals surface area contributed by atoms with Gasteiger partial charge in [0.25, 0.3) is 11.8 Å². The summed E-state index contributed by atoms with van der Waals surface area (Å²) in [7, 11) is 0. The summed E-state index contributed by atoms with van der Waals surface area (Å²) in [6.45, 7) is 1.33. The Bertz CT molecular complexity index is 1250. The van der Waals surface area contributed by atoms with Crippen molar-refractivity contribution in [3.63, 3.8) is 0 Å². The number of anilines is 2. The standard InChI is InChI=1S/C22H22N4O6/c27-11-16(21(29)24-17-5-8-31-25-17)23-20(28)15-10-13-9-12-3-1-6-26-7-2-4-14(18(12)26)19(13)32-22(15)30/h5,8-10,16,27H,1-4,6-7,11H2,(H,23,28)(H,24,25,29)/t16-/m0/s1. The van der Waals surface area contributed by atoms with Crippen LogP contribution in [0.3, 0.4) is 0 Å². The number of amides is 2. The van der Waals surface area contributed by atoms with Crippen molar-refractivity contribution in [1.82, 2.24) is 10.5 Å². The Morgan fingerprint density at radius 2 is 2.03 bits per heavy atom. The molecule has 0 unspecified atom stereocenters. The van der Waals surface area contributed by atoms with Crippen LogP contribution in [0.4, 0.5) is 11.5 Å². The van der Waals surface area contributed by atoms with Crippen LogP contribution >= 0.6 is 0 Å². The number of aryl methyl sites for hydroxylation is 2. The van der Waals surface area contributed by atoms with E-state index in [0.717, 1.165) is 44.3 Å². The number of hydrogen-bond donors (Lipinski definition) is 3. The molecular formula is C22H22N4O6. The van der Waals surface area contributed by atoms with Crippen LogP contribution in [-0.2, 0) is 17.6 Å². The van der Waals surface area contributed by atoms with Crippen molar-refractivity contribution >= 4 is 34.3 Å². The number of hydrogen-bond acceptors (Lipinski definition) is 8. The number of aromatic nitrogens is 1. The molecule has 3 aromatic rings. The Kier molecular flexibility index (Phi) is 5.14. The van der Waals surface area contributed by atoms with Gasteiger partial charge >= 0.3 is 5.63 Å². The average Bonchev–Trinajstić information content (AvgIpc) is 3.30. The lowest BCUT2D eigenvalue weighted by Gasteiger charge is -2.37. The molecule has 3 N–H and O–H groups in total. The number of benzene rings is 1. The fourth-order valence-corrected chi connectivity index (χ4v) is 4.52. The smallest absolute Gasteiger partial charge is 0.349 e. The average molecular weight is 438 g/mol. The summed E-state index contributed by atoms with van der Waals surface area (Å²) in [6, 6.07) is 3.62. The Labute approximate surface area is 182 Å². The Hall–Kier alpha value is -3.66. The number of carbonyl (C=O) groups excluding carboxylic acids is 2. The molecular weight excluding hydrogens is 416 g/mol. The molecule has 1 aromatic carbocycles. The van der Waals surface area contributed by atoms with E-state index in [1.54, 1.807) is 0 Å². The third-order valence-corrected chi connectivity index (χ3v) is 5.95. The van der Waals surface area contributed by atoms with Crippen LogP contribution in [0.1, 0.15) is 34.3 Å². The van der Waals surface area contributed by atoms with Gasteiger partial charge in [-0.3, -0.25) is 9.59 Å². The summed E-state index contributed by atoms with van der Waals surface area (Å²) < 4.78 is 10.3. The normalized spacial score (nSPS) is 15.8. The topological polar surface area (TPSA) is 138 Å². The van der Waals surface area contributed by atoms with E-state index >= 15 is 0 Å². The summed E-state index contributed by atoms with van der Waals surface area (Å²) in [5.41, 5.74) is 2.89. The van der Waals surface area contributed by atoms with Gasteiger partial charge < -0.3 is 29.6 Å². The fraction of sp³-hybridized carbons (Fsp3) is 0.364. The van der Waals surface area contributed by atoms with Crippen molar-refractivity contribution in [3.05, 3.63) is 51.6 Å². The van der Waals surface area contributed by atoms with Crippen molar-refractivity contribution in [2.45, 2.75) is 31.7 Å². The minimum atomic E-state index is -1.28. The largest absolute Gasteiger partial charge is 0.422 e. The number of nitrogens with one attached hydrogen (secondary N) is 2. The monoisotopic (exact) mass is 438 g/mol. The molecule has 2 amide bonds. The lowest BCUT2D eigenvalue weighted by atomic mass is 9.90. The zero-order valence-corrected chi connectivity index (χ0v) is 17.2. The first-order chi connectivity index (χ1) is 15.5. The summed E-state index contributed by atoms with van der Waals surface area (Å²) in [5.74, 6) is -1.36. The van der Waals surface area contributed by atoms with E-state index in [1.165, 1.54) is 29.6 Å². The van der Waals surface area contributed by atoms with Gasteiger partial charge in [-0.2, -0.15) is 0 Å². The SMILES string of the molecule is O=C(N[C@@H](CO)C(=O)Nc1ccon1)c1cc2cc3c4c(c2oc1=O)CCCN4CCC3. The highest BCUT2D eigenvalue weighted by Gasteiger charge is 2.28. The van der Waals surface area contributed by atoms with Gasteiger partial charge in [0, 0.05) is 35.8 Å². The number of fused-ring (bicyclic) bond motifs is 2. The van der Waals surface area contributed by atoms with Gasteiger partial charge in [-0.25, -0.2) is 4.79 Å². The first-order valence-corrected chi connectivity index (χ1v) is 10.6. The van der Waals surface area contributed by atoms with Crippen LogP contribution in [0.2, 0.25) is 0 Å². The number of carbonyl (C=O) groups is 2. The van der Waals surface area contributed by atoms with E-state index in [9.17, 15) is 19.5 Å². The maximum absolute atomic E-state index is 12.8. The highest BCUT2D eigenvalue weighted by Crippen LogP contribution is 2.39. The van der Waals surface area contributed by atoms with E-state index in [0.29, 0.717) is 11.0 Å². The summed E-state index contributed by atoms with van der Waals surface area (Å²) in [6.07, 6.45) is 5.06. The number of nitrogens with zero attached hydrogens (tertiary/aromatic N) is 2. The molecule has 4 heterocycles. The van der Waals surface area contributed by atoms with Gasteiger partial charge in [-0.05, 0) is 43.4 Å². The summed E-state index contributed by atoms with van der Waals surface area (Å²) in [4.78, 5) is 40.1. The second-order valence-electron chi connectivity index (χ2n) is 8.01. The zero-order chi connectivity index (χ0) is 22.2. The molecule has 1 atom stereocenters. The van der Waals surface area contributed by atoms with Gasteiger partial charge in [-0.15, -0.1) is 0 Å². The Balaban J connectivity index is 1.45. The number of aliphatic hydroxyl groups excluding tert-OH is 1. The van der Waals surface area contributed by atoms with E-state index in [1.807, 2.05) is 6.07 Å². The minimum absolute atomic E-state index is 0.140. The van der Waals surface area contributed by atoms with Gasteiger partial charge in [0.15, 0.2) is 5.82 Å². The molecule has 0 saturated carbocycles. The number of rotatable bonds is 5. The van der Waals surface area contributed by atoms with Gasteiger partial charge in [0.05, 0.1) is 6.61 Å². The third kappa shape index (κ3) is 3.52. The molecule has 10 nitrogen and oxygen atoms in total. The first-order valence-electron chi connectivity index (χ1n) is 10.6. The van der Waals surface area contributed by atoms with E-state index in [-0.39, 0.29) is 11.4 Å². The second kappa shape index (κ2) is 8.12. The van der Waals surface area contributed by atoms with Gasteiger partial charge in [0.1, 0.15) is 23.5 Å². The molecule has 2 aliphatic rings. The molecule has 166 valence electrons. The molecule has 0 radical (unpaired) electrons. The molecule has 0 saturated heterocycles. The summed E-state index contributed by atoms with van der Waals surface area (Å²) >= 11 is 0. The Morgan fingerprint density at radius 3 is 2.78 bits per heavy atom. The molecule has 5 rings (SSSR count). The molecule has 0 fully saturated rings. The molecule has 0 spiro atoms. The maximum atomic E-state index is 12.8. The van der Waals surface area contributed by atoms with Crippen molar-refractivity contribution in [2.24, 2.45) is 0 Å². The van der Waals surface area contributed by atoms with Crippen molar-refractivity contribution in [3.8, 4) is 0 Å². The lowest BCUT2D eigenvalue weighted by Crippen LogP contribution is -2.47.